The van der Waals surface area contributed by atoms with Crippen molar-refractivity contribution in [2.24, 2.45) is 0 Å². The van der Waals surface area contributed by atoms with Gasteiger partial charge in [0.15, 0.2) is 0 Å². The molecule has 0 aromatic heterocycles. The number of benzene rings is 1. The molecule has 2 nitrogen and oxygen atoms in total. The van der Waals surface area contributed by atoms with Crippen LogP contribution in [0.3, 0.4) is 0 Å². The molecule has 12 heavy (non-hydrogen) atoms. The van der Waals surface area contributed by atoms with E-state index in [1.807, 2.05) is 12.1 Å². The van der Waals surface area contributed by atoms with Gasteiger partial charge in [0.05, 0.1) is 0 Å². The fraction of sp³-hybridized carbons (Fsp3) is 0.333. The Balaban J connectivity index is 2.52. The summed E-state index contributed by atoms with van der Waals surface area (Å²) in [5.74, 6) is 0. The van der Waals surface area contributed by atoms with Crippen molar-refractivity contribution in [1.29, 1.82) is 0 Å². The van der Waals surface area contributed by atoms with Gasteiger partial charge in [0.25, 0.3) is 0 Å². The van der Waals surface area contributed by atoms with E-state index in [4.69, 9.17) is 4.65 Å². The predicted octanol–water partition coefficient (Wildman–Crippen LogP) is 0.255. The molecule has 1 aromatic rings. The predicted molar refractivity (Wildman–Crippen MR) is 48.4 cm³/mol. The smallest absolute Gasteiger partial charge is 0.423 e. The minimum absolute atomic E-state index is 0.624. The second-order valence-electron chi connectivity index (χ2n) is 3.12. The second kappa shape index (κ2) is 2.92. The van der Waals surface area contributed by atoms with E-state index < -0.39 is 7.12 Å². The largest absolute Gasteiger partial charge is 0.491 e. The first-order valence-electron chi connectivity index (χ1n) is 4.17. The Hall–Kier alpha value is -0.795. The third kappa shape index (κ3) is 1.15. The molecule has 0 aliphatic carbocycles. The molecule has 0 saturated carbocycles. The van der Waals surface area contributed by atoms with Gasteiger partial charge in [-0.1, -0.05) is 18.2 Å². The second-order valence-corrected chi connectivity index (χ2v) is 3.12. The number of hydrogen-bond donors (Lipinski definition) is 1. The van der Waals surface area contributed by atoms with E-state index in [1.165, 1.54) is 11.1 Å². The van der Waals surface area contributed by atoms with Crippen LogP contribution in [0.1, 0.15) is 11.1 Å². The molecule has 0 amide bonds. The molecule has 1 aliphatic rings. The first-order valence-corrected chi connectivity index (χ1v) is 4.17. The third-order valence-electron chi connectivity index (χ3n) is 2.34. The molecule has 3 heteroatoms. The molecule has 0 spiro atoms. The van der Waals surface area contributed by atoms with Crippen LogP contribution in [0.15, 0.2) is 18.2 Å². The van der Waals surface area contributed by atoms with Gasteiger partial charge in [-0.3, -0.25) is 0 Å². The van der Waals surface area contributed by atoms with Crippen LogP contribution in [-0.4, -0.2) is 18.7 Å². The van der Waals surface area contributed by atoms with Crippen molar-refractivity contribution in [2.75, 3.05) is 6.61 Å². The van der Waals surface area contributed by atoms with E-state index in [9.17, 15) is 5.02 Å². The molecule has 0 bridgehead atoms. The highest BCUT2D eigenvalue weighted by Crippen LogP contribution is 2.10. The van der Waals surface area contributed by atoms with E-state index >= 15 is 0 Å². The van der Waals surface area contributed by atoms with E-state index in [0.717, 1.165) is 11.9 Å². The Morgan fingerprint density at radius 2 is 2.33 bits per heavy atom. The highest BCUT2D eigenvalue weighted by molar-refractivity contribution is 6.60. The maximum Gasteiger partial charge on any atom is 0.491 e. The Morgan fingerprint density at radius 3 is 3.08 bits per heavy atom. The van der Waals surface area contributed by atoms with E-state index in [2.05, 4.69) is 13.0 Å². The lowest BCUT2D eigenvalue weighted by Gasteiger charge is -2.20. The average molecular weight is 162 g/mol. The summed E-state index contributed by atoms with van der Waals surface area (Å²) >= 11 is 0. The highest BCUT2D eigenvalue weighted by atomic mass is 16.5. The maximum atomic E-state index is 9.46. The zero-order chi connectivity index (χ0) is 8.55. The van der Waals surface area contributed by atoms with Crippen LogP contribution >= 0.6 is 0 Å². The summed E-state index contributed by atoms with van der Waals surface area (Å²) < 4.78 is 5.11. The van der Waals surface area contributed by atoms with Crippen LogP contribution in [0.4, 0.5) is 0 Å². The fourth-order valence-electron chi connectivity index (χ4n) is 1.66. The van der Waals surface area contributed by atoms with Crippen LogP contribution in [-0.2, 0) is 11.1 Å². The van der Waals surface area contributed by atoms with Gasteiger partial charge in [0.2, 0.25) is 0 Å². The molecule has 1 aliphatic heterocycles. The van der Waals surface area contributed by atoms with Crippen LogP contribution < -0.4 is 5.46 Å². The lowest BCUT2D eigenvalue weighted by Crippen LogP contribution is -2.41. The van der Waals surface area contributed by atoms with Crippen molar-refractivity contribution in [3.05, 3.63) is 29.3 Å². The Kier molecular flexibility index (Phi) is 1.91. The summed E-state index contributed by atoms with van der Waals surface area (Å²) in [4.78, 5) is 0. The Labute approximate surface area is 72.3 Å². The lowest BCUT2D eigenvalue weighted by atomic mass is 9.72. The summed E-state index contributed by atoms with van der Waals surface area (Å²) in [6, 6.07) is 5.94. The minimum Gasteiger partial charge on any atom is -0.423 e. The van der Waals surface area contributed by atoms with Crippen molar-refractivity contribution < 1.29 is 9.68 Å². The van der Waals surface area contributed by atoms with Crippen LogP contribution in [0.2, 0.25) is 0 Å². The topological polar surface area (TPSA) is 29.5 Å². The monoisotopic (exact) mass is 162 g/mol. The molecule has 0 unspecified atom stereocenters. The molecule has 0 fully saturated rings. The molecule has 0 atom stereocenters. The molecule has 62 valence electrons. The molecule has 2 rings (SSSR count). The maximum absolute atomic E-state index is 9.46. The number of fused-ring (bicyclic) bond motifs is 1. The fourth-order valence-corrected chi connectivity index (χ4v) is 1.66. The summed E-state index contributed by atoms with van der Waals surface area (Å²) in [6.07, 6.45) is 0.916. The molecular formula is C9H11BO2. The minimum atomic E-state index is -0.714. The molecular weight excluding hydrogens is 151 g/mol. The van der Waals surface area contributed by atoms with Gasteiger partial charge in [-0.2, -0.15) is 0 Å². The standard InChI is InChI=1S/C9H11BO2/c1-7-3-2-4-9-8(7)5-6-12-10(9)11/h2-4,11H,5-6H2,1H3. The molecule has 1 heterocycles. The van der Waals surface area contributed by atoms with E-state index in [1.54, 1.807) is 0 Å². The Morgan fingerprint density at radius 1 is 1.50 bits per heavy atom. The van der Waals surface area contributed by atoms with Gasteiger partial charge in [-0.15, -0.1) is 0 Å². The first kappa shape index (κ1) is 7.83. The average Bonchev–Trinajstić information content (AvgIpc) is 2.07. The summed E-state index contributed by atoms with van der Waals surface area (Å²) in [5, 5.41) is 9.46. The van der Waals surface area contributed by atoms with Crippen LogP contribution in [0.5, 0.6) is 0 Å². The quantitative estimate of drug-likeness (QED) is 0.554. The number of aryl methyl sites for hydroxylation is 1. The van der Waals surface area contributed by atoms with Crippen molar-refractivity contribution in [3.8, 4) is 0 Å². The van der Waals surface area contributed by atoms with Gasteiger partial charge in [-0.05, 0) is 29.9 Å². The van der Waals surface area contributed by atoms with E-state index in [0.29, 0.717) is 6.61 Å². The van der Waals surface area contributed by atoms with Crippen molar-refractivity contribution >= 4 is 12.6 Å². The van der Waals surface area contributed by atoms with Gasteiger partial charge in [0, 0.05) is 6.61 Å². The third-order valence-corrected chi connectivity index (χ3v) is 2.34. The van der Waals surface area contributed by atoms with Gasteiger partial charge in [-0.25, -0.2) is 0 Å². The van der Waals surface area contributed by atoms with Gasteiger partial charge in [0.1, 0.15) is 0 Å². The van der Waals surface area contributed by atoms with Crippen molar-refractivity contribution in [1.82, 2.24) is 0 Å². The van der Waals surface area contributed by atoms with E-state index in [-0.39, 0.29) is 0 Å². The molecule has 0 saturated heterocycles. The SMILES string of the molecule is Cc1cccc2c1CCOB2O. The number of hydrogen-bond acceptors (Lipinski definition) is 2. The normalized spacial score (nSPS) is 16.0. The lowest BCUT2D eigenvalue weighted by molar-refractivity contribution is 0.266. The van der Waals surface area contributed by atoms with Gasteiger partial charge < -0.3 is 9.68 Å². The van der Waals surface area contributed by atoms with Crippen LogP contribution in [0.25, 0.3) is 0 Å². The van der Waals surface area contributed by atoms with Crippen molar-refractivity contribution in [3.63, 3.8) is 0 Å². The molecule has 1 aromatic carbocycles. The van der Waals surface area contributed by atoms with Crippen LogP contribution in [0, 0.1) is 6.92 Å². The summed E-state index contributed by atoms with van der Waals surface area (Å²) in [7, 11) is -0.714. The highest BCUT2D eigenvalue weighted by Gasteiger charge is 2.24. The zero-order valence-electron chi connectivity index (χ0n) is 7.08. The van der Waals surface area contributed by atoms with Crippen molar-refractivity contribution in [2.45, 2.75) is 13.3 Å². The Bertz CT molecular complexity index is 299. The van der Waals surface area contributed by atoms with Gasteiger partial charge >= 0.3 is 7.12 Å². The first-order chi connectivity index (χ1) is 5.79. The summed E-state index contributed by atoms with van der Waals surface area (Å²) in [5.41, 5.74) is 3.42. The zero-order valence-corrected chi connectivity index (χ0v) is 7.08. The molecule has 0 radical (unpaired) electrons. The summed E-state index contributed by atoms with van der Waals surface area (Å²) in [6.45, 7) is 2.69. The molecule has 1 N–H and O–H groups in total. The number of rotatable bonds is 0.